The van der Waals surface area contributed by atoms with Crippen molar-refractivity contribution in [3.8, 4) is 44.5 Å². The molecule has 8 bridgehead atoms. The molecule has 5 heteroatoms. The molecule has 5 heterocycles. The van der Waals surface area contributed by atoms with Gasteiger partial charge >= 0.3 is 0 Å². The number of aromatic amines is 2. The van der Waals surface area contributed by atoms with Gasteiger partial charge in [-0.1, -0.05) is 114 Å². The average Bonchev–Trinajstić information content (AvgIpc) is 4.12. The number of allylic oxidation sites excluding steroid dienone is 3. The van der Waals surface area contributed by atoms with Gasteiger partial charge in [-0.3, -0.25) is 0 Å². The van der Waals surface area contributed by atoms with Crippen molar-refractivity contribution in [2.24, 2.45) is 0 Å². The third-order valence-electron chi connectivity index (χ3n) is 12.0. The predicted molar refractivity (Wildman–Crippen MR) is 261 cm³/mol. The van der Waals surface area contributed by atoms with Crippen molar-refractivity contribution in [1.82, 2.24) is 19.9 Å². The van der Waals surface area contributed by atoms with Gasteiger partial charge in [0.05, 0.1) is 22.8 Å². The van der Waals surface area contributed by atoms with E-state index in [1.807, 2.05) is 30.4 Å². The van der Waals surface area contributed by atoms with E-state index in [-0.39, 0.29) is 5.41 Å². The summed E-state index contributed by atoms with van der Waals surface area (Å²) in [5, 5.41) is 0. The van der Waals surface area contributed by atoms with Crippen LogP contribution in [0.15, 0.2) is 159 Å². The Kier molecular flexibility index (Phi) is 10.4. The van der Waals surface area contributed by atoms with E-state index in [1.54, 1.807) is 0 Å². The van der Waals surface area contributed by atoms with E-state index in [2.05, 4.69) is 177 Å². The van der Waals surface area contributed by atoms with Crippen LogP contribution in [0.25, 0.3) is 90.9 Å². The number of hydrogen-bond donors (Lipinski definition) is 3. The lowest BCUT2D eigenvalue weighted by Gasteiger charge is -2.32. The molecular weight excluding hydrogens is 743 g/mol. The Bertz CT molecular complexity index is 2870. The first kappa shape index (κ1) is 39.0. The van der Waals surface area contributed by atoms with Gasteiger partial charge in [-0.25, -0.2) is 9.97 Å². The highest BCUT2D eigenvalue weighted by Gasteiger charge is 2.29. The summed E-state index contributed by atoms with van der Waals surface area (Å²) in [6.07, 6.45) is 17.0. The monoisotopic (exact) mass is 791 g/mol. The molecule has 0 unspecified atom stereocenters. The first-order valence-corrected chi connectivity index (χ1v) is 20.9. The molecule has 5 nitrogen and oxygen atoms in total. The highest BCUT2D eigenvalue weighted by Crippen LogP contribution is 2.41. The number of nitrogen functional groups attached to an aromatic ring is 1. The number of nitrogens with two attached hydrogens (primary N) is 1. The third-order valence-corrected chi connectivity index (χ3v) is 12.0. The molecule has 0 atom stereocenters. The fourth-order valence-corrected chi connectivity index (χ4v) is 8.93. The van der Waals surface area contributed by atoms with Crippen LogP contribution in [-0.2, 0) is 5.41 Å². The standard InChI is InChI=1S/C56H49N5/c1-6-33-56(34-7-2,35-8-3)42-21-17-40(18-22-42)54-48-29-25-44(58-48)52(38-13-9-36(4)10-14-38)46-27-31-50(60-46)55(41-19-23-43(57)24-20-41)51-32-28-47(61-51)53(45-26-30-49(54)59-45)39-15-11-37(5)12-16-39/h6-32,60-61H,1-3,33-35,57H2,4-5H3. The highest BCUT2D eigenvalue weighted by atomic mass is 14.8. The van der Waals surface area contributed by atoms with Crippen molar-refractivity contribution in [3.63, 3.8) is 0 Å². The van der Waals surface area contributed by atoms with Gasteiger partial charge in [-0.15, -0.1) is 19.7 Å². The number of benzene rings is 4. The van der Waals surface area contributed by atoms with E-state index in [0.29, 0.717) is 5.69 Å². The number of H-pyrrole nitrogens is 2. The van der Waals surface area contributed by atoms with Crippen molar-refractivity contribution in [2.45, 2.75) is 38.5 Å². The lowest BCUT2D eigenvalue weighted by Crippen LogP contribution is -2.24. The number of rotatable bonds is 11. The maximum absolute atomic E-state index is 6.21. The fourth-order valence-electron chi connectivity index (χ4n) is 8.93. The van der Waals surface area contributed by atoms with Crippen molar-refractivity contribution < 1.29 is 0 Å². The van der Waals surface area contributed by atoms with Gasteiger partial charge in [0.15, 0.2) is 0 Å². The zero-order chi connectivity index (χ0) is 42.1. The van der Waals surface area contributed by atoms with Crippen LogP contribution in [0.5, 0.6) is 0 Å². The molecule has 298 valence electrons. The summed E-state index contributed by atoms with van der Waals surface area (Å²) in [5.74, 6) is 0. The van der Waals surface area contributed by atoms with Crippen LogP contribution in [0.4, 0.5) is 5.69 Å². The molecular formula is C56H49N5. The maximum Gasteiger partial charge on any atom is 0.0738 e. The topological polar surface area (TPSA) is 83.4 Å². The summed E-state index contributed by atoms with van der Waals surface area (Å²) in [7, 11) is 0. The van der Waals surface area contributed by atoms with Gasteiger partial charge in [0.1, 0.15) is 0 Å². The Labute approximate surface area is 358 Å². The molecule has 0 fully saturated rings. The predicted octanol–water partition coefficient (Wildman–Crippen LogP) is 14.5. The summed E-state index contributed by atoms with van der Waals surface area (Å²) in [6, 6.07) is 43.0. The number of anilines is 1. The number of nitrogens with zero attached hydrogens (tertiary/aromatic N) is 2. The molecule has 0 aliphatic carbocycles. The number of aromatic nitrogens is 4. The van der Waals surface area contributed by atoms with Crippen LogP contribution in [0, 0.1) is 13.8 Å². The van der Waals surface area contributed by atoms with Crippen molar-refractivity contribution >= 4 is 52.1 Å². The van der Waals surface area contributed by atoms with Crippen molar-refractivity contribution in [1.29, 1.82) is 0 Å². The minimum Gasteiger partial charge on any atom is -0.399 e. The molecule has 2 aliphatic rings. The summed E-state index contributed by atoms with van der Waals surface area (Å²) < 4.78 is 0. The van der Waals surface area contributed by atoms with E-state index >= 15 is 0 Å². The quantitative estimate of drug-likeness (QED) is 0.0901. The van der Waals surface area contributed by atoms with Gasteiger partial charge in [0.2, 0.25) is 0 Å². The summed E-state index contributed by atoms with van der Waals surface area (Å²) >= 11 is 0. The second-order valence-electron chi connectivity index (χ2n) is 16.2. The summed E-state index contributed by atoms with van der Waals surface area (Å²) in [5.41, 5.74) is 25.9. The lowest BCUT2D eigenvalue weighted by atomic mass is 9.72. The SMILES string of the molecule is C=CCC(CC=C)(CC=C)c1ccc(-c2c3nc(c(-c4ccc(C)cc4)c4ccc([nH]4)c(-c4ccc(N)cc4)c4ccc([nH]4)c(-c4ccc(C)cc4)c4nc2C=C4)C=C3)cc1. The minimum atomic E-state index is -0.170. The smallest absolute Gasteiger partial charge is 0.0738 e. The second-order valence-corrected chi connectivity index (χ2v) is 16.2. The molecule has 3 aromatic heterocycles. The number of hydrogen-bond acceptors (Lipinski definition) is 3. The van der Waals surface area contributed by atoms with Crippen molar-refractivity contribution in [3.05, 3.63) is 199 Å². The zero-order valence-corrected chi connectivity index (χ0v) is 34.8. The van der Waals surface area contributed by atoms with E-state index < -0.39 is 0 Å². The second kappa shape index (κ2) is 16.3. The van der Waals surface area contributed by atoms with E-state index in [0.717, 1.165) is 109 Å². The van der Waals surface area contributed by atoms with Crippen LogP contribution in [0.3, 0.4) is 0 Å². The normalized spacial score (nSPS) is 12.1. The number of fused-ring (bicyclic) bond motifs is 8. The fraction of sp³-hybridized carbons (Fsp3) is 0.107. The lowest BCUT2D eigenvalue weighted by molar-refractivity contribution is 0.442. The molecule has 61 heavy (non-hydrogen) atoms. The van der Waals surface area contributed by atoms with E-state index in [4.69, 9.17) is 15.7 Å². The Morgan fingerprint density at radius 3 is 1.18 bits per heavy atom. The Morgan fingerprint density at radius 1 is 0.443 bits per heavy atom. The molecule has 2 aliphatic heterocycles. The molecule has 4 N–H and O–H groups in total. The largest absolute Gasteiger partial charge is 0.399 e. The number of nitrogens with one attached hydrogen (secondary N) is 2. The minimum absolute atomic E-state index is 0.170. The maximum atomic E-state index is 6.21. The molecule has 4 aromatic carbocycles. The van der Waals surface area contributed by atoms with Crippen LogP contribution >= 0.6 is 0 Å². The van der Waals surface area contributed by atoms with Crippen LogP contribution in [0.2, 0.25) is 0 Å². The van der Waals surface area contributed by atoms with Gasteiger partial charge in [-0.2, -0.15) is 0 Å². The van der Waals surface area contributed by atoms with Gasteiger partial charge in [0, 0.05) is 55.4 Å². The van der Waals surface area contributed by atoms with Gasteiger partial charge in [-0.05, 0) is 122 Å². The molecule has 7 aromatic rings. The zero-order valence-electron chi connectivity index (χ0n) is 34.8. The molecule has 0 saturated heterocycles. The van der Waals surface area contributed by atoms with Crippen LogP contribution in [0.1, 0.15) is 58.7 Å². The molecule has 0 saturated carbocycles. The third kappa shape index (κ3) is 7.40. The van der Waals surface area contributed by atoms with E-state index in [1.165, 1.54) is 16.7 Å². The summed E-state index contributed by atoms with van der Waals surface area (Å²) in [6.45, 7) is 16.6. The first-order valence-electron chi connectivity index (χ1n) is 20.9. The molecule has 0 amide bonds. The molecule has 0 spiro atoms. The molecule has 0 radical (unpaired) electrons. The van der Waals surface area contributed by atoms with Gasteiger partial charge < -0.3 is 15.7 Å². The Balaban J connectivity index is 1.40. The Morgan fingerprint density at radius 2 is 0.770 bits per heavy atom. The van der Waals surface area contributed by atoms with E-state index in [9.17, 15) is 0 Å². The first-order chi connectivity index (χ1) is 29.8. The van der Waals surface area contributed by atoms with Crippen LogP contribution in [-0.4, -0.2) is 19.9 Å². The van der Waals surface area contributed by atoms with Crippen LogP contribution < -0.4 is 5.73 Å². The van der Waals surface area contributed by atoms with Crippen molar-refractivity contribution in [2.75, 3.05) is 5.73 Å². The Hall–Kier alpha value is -7.50. The summed E-state index contributed by atoms with van der Waals surface area (Å²) in [4.78, 5) is 18.7. The highest BCUT2D eigenvalue weighted by molar-refractivity contribution is 6.00. The van der Waals surface area contributed by atoms with Gasteiger partial charge in [0.25, 0.3) is 0 Å². The molecule has 9 rings (SSSR count). The average molecular weight is 792 g/mol. The number of aryl methyl sites for hydroxylation is 2.